The predicted octanol–water partition coefficient (Wildman–Crippen LogP) is 2.05. The molecule has 0 saturated carbocycles. The lowest BCUT2D eigenvalue weighted by atomic mass is 10.3. The zero-order valence-corrected chi connectivity index (χ0v) is 15.1. The summed E-state index contributed by atoms with van der Waals surface area (Å²) < 4.78 is 61.8. The van der Waals surface area contributed by atoms with Gasteiger partial charge in [-0.2, -0.15) is 0 Å². The van der Waals surface area contributed by atoms with Gasteiger partial charge >= 0.3 is 0 Å². The molecule has 0 unspecified atom stereocenters. The van der Waals surface area contributed by atoms with Crippen LogP contribution >= 0.6 is 0 Å². The van der Waals surface area contributed by atoms with Gasteiger partial charge in [0.1, 0.15) is 13.2 Å². The largest absolute Gasteiger partial charge is 0.486 e. The van der Waals surface area contributed by atoms with Crippen LogP contribution in [0.25, 0.3) is 0 Å². The third-order valence-corrected chi connectivity index (χ3v) is 6.80. The Morgan fingerprint density at radius 1 is 0.880 bits per heavy atom. The number of sulfone groups is 1. The van der Waals surface area contributed by atoms with Crippen LogP contribution in [0.2, 0.25) is 0 Å². The highest BCUT2D eigenvalue weighted by molar-refractivity contribution is 7.92. The minimum absolute atomic E-state index is 0.0186. The first-order valence-electron chi connectivity index (χ1n) is 7.57. The normalized spacial score (nSPS) is 14.1. The van der Waals surface area contributed by atoms with E-state index in [2.05, 4.69) is 4.72 Å². The lowest BCUT2D eigenvalue weighted by Crippen LogP contribution is -2.17. The summed E-state index contributed by atoms with van der Waals surface area (Å²) in [6.07, 6.45) is 0. The van der Waals surface area contributed by atoms with Gasteiger partial charge in [0, 0.05) is 11.8 Å². The smallest absolute Gasteiger partial charge is 0.262 e. The molecule has 0 amide bonds. The Balaban J connectivity index is 1.84. The molecule has 0 spiro atoms. The molecule has 0 fully saturated rings. The van der Waals surface area contributed by atoms with Crippen molar-refractivity contribution in [3.8, 4) is 11.5 Å². The maximum Gasteiger partial charge on any atom is 0.262 e. The third-order valence-electron chi connectivity index (χ3n) is 3.67. The van der Waals surface area contributed by atoms with Gasteiger partial charge in [0.2, 0.25) is 0 Å². The molecule has 1 N–H and O–H groups in total. The van der Waals surface area contributed by atoms with Gasteiger partial charge in [-0.25, -0.2) is 16.8 Å². The summed E-state index contributed by atoms with van der Waals surface area (Å²) in [6.45, 7) is 2.33. The lowest BCUT2D eigenvalue weighted by Gasteiger charge is -2.19. The molecule has 134 valence electrons. The van der Waals surface area contributed by atoms with Crippen LogP contribution in [0.3, 0.4) is 0 Å². The Morgan fingerprint density at radius 3 is 2.12 bits per heavy atom. The molecule has 0 radical (unpaired) electrons. The highest BCUT2D eigenvalue weighted by Crippen LogP contribution is 2.32. The van der Waals surface area contributed by atoms with Gasteiger partial charge in [-0.15, -0.1) is 0 Å². The molecule has 0 aliphatic carbocycles. The van der Waals surface area contributed by atoms with Crippen LogP contribution < -0.4 is 14.2 Å². The summed E-state index contributed by atoms with van der Waals surface area (Å²) in [4.78, 5) is 0.180. The highest BCUT2D eigenvalue weighted by Gasteiger charge is 2.20. The van der Waals surface area contributed by atoms with Crippen molar-refractivity contribution in [3.05, 3.63) is 42.5 Å². The summed E-state index contributed by atoms with van der Waals surface area (Å²) in [5.74, 6) is 0.854. The molecular formula is C16H17NO6S2. The number of ether oxygens (including phenoxy) is 2. The number of fused-ring (bicyclic) bond motifs is 1. The van der Waals surface area contributed by atoms with Crippen molar-refractivity contribution >= 4 is 25.5 Å². The van der Waals surface area contributed by atoms with Gasteiger partial charge in [-0.1, -0.05) is 6.92 Å². The molecular weight excluding hydrogens is 366 g/mol. The quantitative estimate of drug-likeness (QED) is 0.848. The van der Waals surface area contributed by atoms with Crippen molar-refractivity contribution in [3.63, 3.8) is 0 Å². The number of sulfonamides is 1. The lowest BCUT2D eigenvalue weighted by molar-refractivity contribution is 0.171. The fourth-order valence-electron chi connectivity index (χ4n) is 2.30. The number of hydrogen-bond acceptors (Lipinski definition) is 6. The third kappa shape index (κ3) is 3.72. The predicted molar refractivity (Wildman–Crippen MR) is 92.4 cm³/mol. The van der Waals surface area contributed by atoms with Crippen molar-refractivity contribution in [2.75, 3.05) is 23.7 Å². The Kier molecular flexibility index (Phi) is 4.61. The van der Waals surface area contributed by atoms with Crippen LogP contribution in [0.5, 0.6) is 11.5 Å². The molecule has 9 heteroatoms. The van der Waals surface area contributed by atoms with Crippen molar-refractivity contribution in [1.82, 2.24) is 0 Å². The first-order valence-corrected chi connectivity index (χ1v) is 10.7. The van der Waals surface area contributed by atoms with E-state index >= 15 is 0 Å². The monoisotopic (exact) mass is 383 g/mol. The first kappa shape index (κ1) is 17.6. The van der Waals surface area contributed by atoms with Crippen molar-refractivity contribution in [2.24, 2.45) is 0 Å². The van der Waals surface area contributed by atoms with Crippen LogP contribution in [0, 0.1) is 0 Å². The first-order chi connectivity index (χ1) is 11.8. The number of anilines is 1. The molecule has 1 heterocycles. The van der Waals surface area contributed by atoms with Crippen molar-refractivity contribution in [2.45, 2.75) is 16.7 Å². The van der Waals surface area contributed by atoms with Gasteiger partial charge in [0.15, 0.2) is 21.3 Å². The van der Waals surface area contributed by atoms with E-state index in [9.17, 15) is 16.8 Å². The molecule has 25 heavy (non-hydrogen) atoms. The van der Waals surface area contributed by atoms with Crippen LogP contribution in [-0.4, -0.2) is 35.8 Å². The fraction of sp³-hybridized carbons (Fsp3) is 0.250. The minimum Gasteiger partial charge on any atom is -0.486 e. The Bertz CT molecular complexity index is 982. The maximum atomic E-state index is 12.5. The zero-order chi connectivity index (χ0) is 18.1. The van der Waals surface area contributed by atoms with E-state index in [0.29, 0.717) is 24.7 Å². The Morgan fingerprint density at radius 2 is 1.48 bits per heavy atom. The number of rotatable bonds is 5. The summed E-state index contributed by atoms with van der Waals surface area (Å²) in [7, 11) is -7.16. The summed E-state index contributed by atoms with van der Waals surface area (Å²) >= 11 is 0. The molecule has 0 bridgehead atoms. The van der Waals surface area contributed by atoms with Gasteiger partial charge in [0.25, 0.3) is 10.0 Å². The van der Waals surface area contributed by atoms with E-state index in [1.807, 2.05) is 0 Å². The minimum atomic E-state index is -3.84. The average molecular weight is 383 g/mol. The van der Waals surface area contributed by atoms with E-state index in [4.69, 9.17) is 9.47 Å². The molecule has 1 aliphatic rings. The van der Waals surface area contributed by atoms with Gasteiger partial charge in [0.05, 0.1) is 15.5 Å². The number of nitrogens with one attached hydrogen (secondary N) is 1. The molecule has 0 atom stereocenters. The molecule has 0 saturated heterocycles. The summed E-state index contributed by atoms with van der Waals surface area (Å²) in [5.41, 5.74) is 0.268. The Hall–Kier alpha value is -2.26. The second-order valence-corrected chi connectivity index (χ2v) is 9.30. The number of hydrogen-bond donors (Lipinski definition) is 1. The Labute approximate surface area is 146 Å². The molecule has 0 aromatic heterocycles. The van der Waals surface area contributed by atoms with E-state index in [0.717, 1.165) is 0 Å². The van der Waals surface area contributed by atoms with E-state index in [-0.39, 0.29) is 21.2 Å². The molecule has 2 aromatic carbocycles. The van der Waals surface area contributed by atoms with E-state index < -0.39 is 19.9 Å². The van der Waals surface area contributed by atoms with Crippen LogP contribution in [-0.2, 0) is 19.9 Å². The fourth-order valence-corrected chi connectivity index (χ4v) is 4.26. The van der Waals surface area contributed by atoms with Gasteiger partial charge in [-0.05, 0) is 36.4 Å². The summed E-state index contributed by atoms with van der Waals surface area (Å²) in [6, 6.07) is 9.94. The average Bonchev–Trinajstić information content (AvgIpc) is 2.61. The standard InChI is InChI=1S/C16H17NO6S2/c1-2-24(18,19)13-5-3-12(4-6-13)17-25(20,21)14-7-8-15-16(11-14)23-10-9-22-15/h3-8,11,17H,2,9-10H2,1H3. The van der Waals surface area contributed by atoms with Gasteiger partial charge < -0.3 is 9.47 Å². The second kappa shape index (κ2) is 6.57. The van der Waals surface area contributed by atoms with Crippen LogP contribution in [0.1, 0.15) is 6.92 Å². The van der Waals surface area contributed by atoms with E-state index in [1.165, 1.54) is 36.4 Å². The SMILES string of the molecule is CCS(=O)(=O)c1ccc(NS(=O)(=O)c2ccc3c(c2)OCCO3)cc1. The van der Waals surface area contributed by atoms with Crippen molar-refractivity contribution in [1.29, 1.82) is 0 Å². The second-order valence-electron chi connectivity index (χ2n) is 5.34. The topological polar surface area (TPSA) is 98.8 Å². The van der Waals surface area contributed by atoms with E-state index in [1.54, 1.807) is 13.0 Å². The molecule has 2 aromatic rings. The molecule has 3 rings (SSSR count). The van der Waals surface area contributed by atoms with Gasteiger partial charge in [-0.3, -0.25) is 4.72 Å². The number of benzene rings is 2. The summed E-state index contributed by atoms with van der Waals surface area (Å²) in [5, 5.41) is 0. The van der Waals surface area contributed by atoms with Crippen LogP contribution in [0.15, 0.2) is 52.3 Å². The zero-order valence-electron chi connectivity index (χ0n) is 13.4. The maximum absolute atomic E-state index is 12.5. The van der Waals surface area contributed by atoms with Crippen molar-refractivity contribution < 1.29 is 26.3 Å². The van der Waals surface area contributed by atoms with Crippen LogP contribution in [0.4, 0.5) is 5.69 Å². The molecule has 7 nitrogen and oxygen atoms in total. The molecule has 1 aliphatic heterocycles. The highest BCUT2D eigenvalue weighted by atomic mass is 32.2.